The number of nitrogens with zero attached hydrogens (tertiary/aromatic N) is 4. The molecule has 1 aromatic carbocycles. The highest BCUT2D eigenvalue weighted by molar-refractivity contribution is 5.81. The summed E-state index contributed by atoms with van der Waals surface area (Å²) in [6.07, 6.45) is 2.31. The van der Waals surface area contributed by atoms with Crippen LogP contribution in [-0.4, -0.2) is 48.5 Å². The summed E-state index contributed by atoms with van der Waals surface area (Å²) in [6.45, 7) is 6.23. The van der Waals surface area contributed by atoms with Gasteiger partial charge in [0.2, 0.25) is 0 Å². The van der Waals surface area contributed by atoms with Gasteiger partial charge >= 0.3 is 0 Å². The Morgan fingerprint density at radius 3 is 2.69 bits per heavy atom. The molecule has 0 spiro atoms. The fraction of sp³-hybridized carbons (Fsp3) is 0.476. The van der Waals surface area contributed by atoms with Crippen LogP contribution in [0.3, 0.4) is 0 Å². The van der Waals surface area contributed by atoms with Crippen molar-refractivity contribution in [1.29, 1.82) is 0 Å². The van der Waals surface area contributed by atoms with Gasteiger partial charge in [-0.3, -0.25) is 4.57 Å². The van der Waals surface area contributed by atoms with E-state index < -0.39 is 17.9 Å². The van der Waals surface area contributed by atoms with Crippen LogP contribution < -0.4 is 5.73 Å². The van der Waals surface area contributed by atoms with Gasteiger partial charge in [-0.05, 0) is 16.5 Å². The van der Waals surface area contributed by atoms with E-state index in [0.717, 1.165) is 5.56 Å². The zero-order valence-electron chi connectivity index (χ0n) is 16.9. The average Bonchev–Trinajstić information content (AvgIpc) is 3.24. The van der Waals surface area contributed by atoms with E-state index in [9.17, 15) is 10.2 Å². The molecule has 8 nitrogen and oxygen atoms in total. The molecule has 1 aliphatic heterocycles. The minimum atomic E-state index is -0.955. The van der Waals surface area contributed by atoms with E-state index in [1.807, 2.05) is 16.7 Å². The SMILES string of the molecule is CC(C)(C)c1ccccc1C[C@]1(n2cnc3c(N)ncnc32)C[C@H](O)[C@@H](CO)O1. The highest BCUT2D eigenvalue weighted by Crippen LogP contribution is 2.41. The summed E-state index contributed by atoms with van der Waals surface area (Å²) in [5.74, 6) is 0.288. The van der Waals surface area contributed by atoms with E-state index in [4.69, 9.17) is 10.5 Å². The normalized spacial score (nSPS) is 25.0. The Bertz CT molecular complexity index is 1030. The first kappa shape index (κ1) is 19.8. The number of anilines is 1. The lowest BCUT2D eigenvalue weighted by molar-refractivity contribution is -0.114. The van der Waals surface area contributed by atoms with Crippen molar-refractivity contribution in [3.8, 4) is 0 Å². The van der Waals surface area contributed by atoms with Crippen LogP contribution in [0.4, 0.5) is 5.82 Å². The molecule has 2 aromatic heterocycles. The third-order valence-corrected chi connectivity index (χ3v) is 5.60. The Hall–Kier alpha value is -2.55. The second-order valence-corrected chi connectivity index (χ2v) is 8.69. The van der Waals surface area contributed by atoms with Crippen LogP contribution in [0.25, 0.3) is 11.2 Å². The quantitative estimate of drug-likeness (QED) is 0.613. The van der Waals surface area contributed by atoms with Crippen molar-refractivity contribution in [2.45, 2.75) is 57.0 Å². The van der Waals surface area contributed by atoms with Crippen molar-refractivity contribution < 1.29 is 14.9 Å². The number of aromatic nitrogens is 4. The van der Waals surface area contributed by atoms with Crippen LogP contribution in [0.5, 0.6) is 0 Å². The molecule has 8 heteroatoms. The monoisotopic (exact) mass is 397 g/mol. The number of rotatable bonds is 4. The Morgan fingerprint density at radius 1 is 1.24 bits per heavy atom. The molecule has 0 aliphatic carbocycles. The number of hydrogen-bond acceptors (Lipinski definition) is 7. The summed E-state index contributed by atoms with van der Waals surface area (Å²) in [5, 5.41) is 20.3. The molecule has 3 aromatic rings. The van der Waals surface area contributed by atoms with Gasteiger partial charge in [-0.15, -0.1) is 0 Å². The van der Waals surface area contributed by atoms with Crippen LogP contribution in [0.15, 0.2) is 36.9 Å². The highest BCUT2D eigenvalue weighted by atomic mass is 16.6. The minimum absolute atomic E-state index is 0.0605. The molecular formula is C21H27N5O3. The third kappa shape index (κ3) is 3.37. The fourth-order valence-corrected chi connectivity index (χ4v) is 4.23. The number of fused-ring (bicyclic) bond motifs is 1. The zero-order chi connectivity index (χ0) is 20.8. The predicted octanol–water partition coefficient (Wildman–Crippen LogP) is 1.74. The van der Waals surface area contributed by atoms with E-state index in [0.29, 0.717) is 24.0 Å². The molecule has 1 aliphatic rings. The number of aliphatic hydroxyl groups excluding tert-OH is 2. The van der Waals surface area contributed by atoms with Crippen molar-refractivity contribution in [2.24, 2.45) is 0 Å². The molecule has 0 amide bonds. The summed E-state index contributed by atoms with van der Waals surface area (Å²) in [7, 11) is 0. The largest absolute Gasteiger partial charge is 0.394 e. The van der Waals surface area contributed by atoms with Gasteiger partial charge in [0.25, 0.3) is 0 Å². The number of benzene rings is 1. The molecule has 0 radical (unpaired) electrons. The van der Waals surface area contributed by atoms with Crippen molar-refractivity contribution in [3.05, 3.63) is 48.0 Å². The van der Waals surface area contributed by atoms with Crippen LogP contribution >= 0.6 is 0 Å². The summed E-state index contributed by atoms with van der Waals surface area (Å²) >= 11 is 0. The first-order valence-corrected chi connectivity index (χ1v) is 9.74. The summed E-state index contributed by atoms with van der Waals surface area (Å²) in [5.41, 5.74) is 8.28. The summed E-state index contributed by atoms with van der Waals surface area (Å²) < 4.78 is 8.11. The first-order valence-electron chi connectivity index (χ1n) is 9.74. The maximum atomic E-state index is 10.6. The minimum Gasteiger partial charge on any atom is -0.394 e. The molecule has 0 saturated carbocycles. The zero-order valence-corrected chi connectivity index (χ0v) is 16.9. The lowest BCUT2D eigenvalue weighted by atomic mass is 9.81. The Balaban J connectivity index is 1.87. The smallest absolute Gasteiger partial charge is 0.167 e. The third-order valence-electron chi connectivity index (χ3n) is 5.60. The molecule has 4 N–H and O–H groups in total. The Labute approximate surface area is 169 Å². The van der Waals surface area contributed by atoms with E-state index in [1.54, 1.807) is 6.33 Å². The van der Waals surface area contributed by atoms with Gasteiger partial charge in [0, 0.05) is 12.8 Å². The number of nitrogen functional groups attached to an aromatic ring is 1. The van der Waals surface area contributed by atoms with Gasteiger partial charge in [-0.1, -0.05) is 45.0 Å². The van der Waals surface area contributed by atoms with Gasteiger partial charge in [-0.25, -0.2) is 15.0 Å². The van der Waals surface area contributed by atoms with E-state index in [-0.39, 0.29) is 17.8 Å². The Kier molecular flexibility index (Phi) is 4.80. The van der Waals surface area contributed by atoms with Gasteiger partial charge in [0.05, 0.1) is 19.0 Å². The molecule has 3 heterocycles. The second-order valence-electron chi connectivity index (χ2n) is 8.69. The topological polar surface area (TPSA) is 119 Å². The lowest BCUT2D eigenvalue weighted by Crippen LogP contribution is -2.37. The van der Waals surface area contributed by atoms with E-state index in [2.05, 4.69) is 47.9 Å². The van der Waals surface area contributed by atoms with Crippen molar-refractivity contribution in [3.63, 3.8) is 0 Å². The maximum Gasteiger partial charge on any atom is 0.167 e. The molecular weight excluding hydrogens is 370 g/mol. The highest BCUT2D eigenvalue weighted by Gasteiger charge is 2.48. The molecule has 3 atom stereocenters. The molecule has 0 bridgehead atoms. The van der Waals surface area contributed by atoms with E-state index >= 15 is 0 Å². The van der Waals surface area contributed by atoms with E-state index in [1.165, 1.54) is 11.9 Å². The maximum absolute atomic E-state index is 10.6. The molecule has 4 rings (SSSR count). The van der Waals surface area contributed by atoms with Crippen LogP contribution in [0.1, 0.15) is 38.3 Å². The number of hydrogen-bond donors (Lipinski definition) is 3. The van der Waals surface area contributed by atoms with Crippen molar-refractivity contribution >= 4 is 17.0 Å². The van der Waals surface area contributed by atoms with Crippen LogP contribution in [0.2, 0.25) is 0 Å². The van der Waals surface area contributed by atoms with Gasteiger partial charge in [0.15, 0.2) is 17.2 Å². The standard InChI is InChI=1S/C21H27N5O3/c1-20(2,3)14-7-5-4-6-13(14)8-21(9-15(28)16(10-27)29-21)26-12-25-17-18(22)23-11-24-19(17)26/h4-7,11-12,15-16,27-28H,8-10H2,1-3H3,(H2,22,23,24)/t15-,16+,21+/m0/s1. The number of nitrogens with two attached hydrogens (primary N) is 1. The molecule has 1 saturated heterocycles. The van der Waals surface area contributed by atoms with Crippen LogP contribution in [0, 0.1) is 0 Å². The number of imidazole rings is 1. The van der Waals surface area contributed by atoms with Crippen molar-refractivity contribution in [1.82, 2.24) is 19.5 Å². The second kappa shape index (κ2) is 7.05. The van der Waals surface area contributed by atoms with Gasteiger partial charge in [-0.2, -0.15) is 0 Å². The molecule has 1 fully saturated rings. The van der Waals surface area contributed by atoms with Crippen LogP contribution in [-0.2, 0) is 22.3 Å². The number of aliphatic hydroxyl groups is 2. The first-order chi connectivity index (χ1) is 13.7. The predicted molar refractivity (Wildman–Crippen MR) is 109 cm³/mol. The van der Waals surface area contributed by atoms with Crippen molar-refractivity contribution in [2.75, 3.05) is 12.3 Å². The molecule has 0 unspecified atom stereocenters. The molecule has 29 heavy (non-hydrogen) atoms. The molecule has 154 valence electrons. The fourth-order valence-electron chi connectivity index (χ4n) is 4.23. The number of ether oxygens (including phenoxy) is 1. The lowest BCUT2D eigenvalue weighted by Gasteiger charge is -2.33. The summed E-state index contributed by atoms with van der Waals surface area (Å²) in [6, 6.07) is 8.22. The average molecular weight is 397 g/mol. The summed E-state index contributed by atoms with van der Waals surface area (Å²) in [4.78, 5) is 12.8. The Morgan fingerprint density at radius 2 is 2.00 bits per heavy atom. The van der Waals surface area contributed by atoms with Gasteiger partial charge in [0.1, 0.15) is 17.9 Å². The van der Waals surface area contributed by atoms with Gasteiger partial charge < -0.3 is 20.7 Å².